The van der Waals surface area contributed by atoms with Crippen LogP contribution >= 0.6 is 0 Å². The summed E-state index contributed by atoms with van der Waals surface area (Å²) in [5.74, 6) is 0.896. The molecule has 124 valence electrons. The van der Waals surface area contributed by atoms with E-state index in [9.17, 15) is 0 Å². The standard InChI is InChI=1S/C14H28N2.C2H4O3/c1-4-6-7-9-14(8-5-2)12-16-11-10-15(3)13-16;1-5-2(3)4/h10-11,14H,4-9,12-13H2,1-3H3;1H3,(H,3,4). The number of unbranched alkanes of at least 4 members (excludes halogenated alkanes) is 2. The normalized spacial score (nSPS) is 14.7. The van der Waals surface area contributed by atoms with Gasteiger partial charge in [0.1, 0.15) is 0 Å². The average molecular weight is 300 g/mol. The van der Waals surface area contributed by atoms with E-state index < -0.39 is 6.16 Å². The summed E-state index contributed by atoms with van der Waals surface area (Å²) < 4.78 is 3.67. The minimum atomic E-state index is -1.25. The smallest absolute Gasteiger partial charge is 0.450 e. The molecule has 1 unspecified atom stereocenters. The van der Waals surface area contributed by atoms with E-state index in [1.165, 1.54) is 45.1 Å². The fourth-order valence-corrected chi connectivity index (χ4v) is 2.46. The van der Waals surface area contributed by atoms with Crippen LogP contribution in [0.15, 0.2) is 12.4 Å². The highest BCUT2D eigenvalue weighted by molar-refractivity contribution is 5.56. The molecule has 1 N–H and O–H groups in total. The molecule has 0 saturated carbocycles. The lowest BCUT2D eigenvalue weighted by Crippen LogP contribution is -2.27. The summed E-state index contributed by atoms with van der Waals surface area (Å²) in [7, 11) is 3.24. The van der Waals surface area contributed by atoms with Gasteiger partial charge < -0.3 is 19.6 Å². The molecule has 1 aliphatic rings. The van der Waals surface area contributed by atoms with Gasteiger partial charge in [0, 0.05) is 26.0 Å². The molecular weight excluding hydrogens is 268 g/mol. The number of hydrogen-bond donors (Lipinski definition) is 1. The number of hydrogen-bond acceptors (Lipinski definition) is 4. The zero-order valence-corrected chi connectivity index (χ0v) is 14.0. The van der Waals surface area contributed by atoms with Gasteiger partial charge in [-0.05, 0) is 18.8 Å². The minimum absolute atomic E-state index is 0.896. The van der Waals surface area contributed by atoms with Crippen molar-refractivity contribution in [2.45, 2.75) is 52.4 Å². The molecule has 1 aliphatic heterocycles. The maximum Gasteiger partial charge on any atom is 0.505 e. The van der Waals surface area contributed by atoms with Crippen LogP contribution in [0.25, 0.3) is 0 Å². The molecule has 0 aliphatic carbocycles. The van der Waals surface area contributed by atoms with Crippen LogP contribution in [-0.2, 0) is 4.74 Å². The molecule has 0 aromatic heterocycles. The third kappa shape index (κ3) is 11.0. The summed E-state index contributed by atoms with van der Waals surface area (Å²) in [4.78, 5) is 13.8. The zero-order valence-electron chi connectivity index (χ0n) is 14.0. The van der Waals surface area contributed by atoms with Crippen LogP contribution in [-0.4, -0.2) is 48.4 Å². The molecule has 1 heterocycles. The largest absolute Gasteiger partial charge is 0.505 e. The summed E-state index contributed by atoms with van der Waals surface area (Å²) in [6.07, 6.45) is 11.4. The van der Waals surface area contributed by atoms with E-state index in [-0.39, 0.29) is 0 Å². The van der Waals surface area contributed by atoms with Gasteiger partial charge in [0.15, 0.2) is 0 Å². The van der Waals surface area contributed by atoms with Gasteiger partial charge in [-0.15, -0.1) is 0 Å². The highest BCUT2D eigenvalue weighted by atomic mass is 16.6. The second-order valence-electron chi connectivity index (χ2n) is 5.59. The summed E-state index contributed by atoms with van der Waals surface area (Å²) in [5.41, 5.74) is 0. The van der Waals surface area contributed by atoms with Crippen LogP contribution in [0.4, 0.5) is 4.79 Å². The van der Waals surface area contributed by atoms with E-state index in [1.54, 1.807) is 0 Å². The Morgan fingerprint density at radius 1 is 1.24 bits per heavy atom. The third-order valence-electron chi connectivity index (χ3n) is 3.52. The second kappa shape index (κ2) is 12.4. The Labute approximate surface area is 129 Å². The summed E-state index contributed by atoms with van der Waals surface area (Å²) >= 11 is 0. The summed E-state index contributed by atoms with van der Waals surface area (Å²) in [6, 6.07) is 0. The van der Waals surface area contributed by atoms with Crippen molar-refractivity contribution in [3.8, 4) is 0 Å². The van der Waals surface area contributed by atoms with Crippen LogP contribution in [0.5, 0.6) is 0 Å². The van der Waals surface area contributed by atoms with Crippen LogP contribution in [0.3, 0.4) is 0 Å². The molecule has 0 aromatic carbocycles. The quantitative estimate of drug-likeness (QED) is 0.543. The van der Waals surface area contributed by atoms with Crippen molar-refractivity contribution in [3.05, 3.63) is 12.4 Å². The van der Waals surface area contributed by atoms with Gasteiger partial charge >= 0.3 is 6.16 Å². The third-order valence-corrected chi connectivity index (χ3v) is 3.52. The molecule has 0 radical (unpaired) electrons. The molecule has 0 fully saturated rings. The van der Waals surface area contributed by atoms with Crippen molar-refractivity contribution in [2.75, 3.05) is 27.4 Å². The lowest BCUT2D eigenvalue weighted by molar-refractivity contribution is 0.114. The van der Waals surface area contributed by atoms with Crippen molar-refractivity contribution in [2.24, 2.45) is 5.92 Å². The van der Waals surface area contributed by atoms with Gasteiger partial charge in [-0.2, -0.15) is 0 Å². The first kappa shape index (κ1) is 19.6. The fraction of sp³-hybridized carbons (Fsp3) is 0.812. The van der Waals surface area contributed by atoms with Crippen molar-refractivity contribution in [1.29, 1.82) is 0 Å². The Bertz CT molecular complexity index is 295. The Kier molecular flexibility index (Phi) is 11.5. The van der Waals surface area contributed by atoms with E-state index >= 15 is 0 Å². The molecule has 0 bridgehead atoms. The first-order chi connectivity index (χ1) is 10.0. The summed E-state index contributed by atoms with van der Waals surface area (Å²) in [6.45, 7) is 6.91. The number of rotatable bonds is 8. The van der Waals surface area contributed by atoms with E-state index in [0.29, 0.717) is 0 Å². The summed E-state index contributed by atoms with van der Waals surface area (Å²) in [5, 5.41) is 7.50. The molecule has 1 rings (SSSR count). The van der Waals surface area contributed by atoms with Gasteiger partial charge in [0.2, 0.25) is 0 Å². The van der Waals surface area contributed by atoms with Crippen molar-refractivity contribution < 1.29 is 14.6 Å². The minimum Gasteiger partial charge on any atom is -0.450 e. The number of methoxy groups -OCH3 is 1. The lowest BCUT2D eigenvalue weighted by atomic mass is 9.96. The Morgan fingerprint density at radius 3 is 2.33 bits per heavy atom. The average Bonchev–Trinajstić information content (AvgIpc) is 2.85. The van der Waals surface area contributed by atoms with E-state index in [4.69, 9.17) is 9.90 Å². The molecule has 0 saturated heterocycles. The Balaban J connectivity index is 0.000000690. The van der Waals surface area contributed by atoms with Crippen LogP contribution in [0.2, 0.25) is 0 Å². The first-order valence-corrected chi connectivity index (χ1v) is 7.92. The van der Waals surface area contributed by atoms with Gasteiger partial charge in [0.25, 0.3) is 0 Å². The maximum atomic E-state index is 9.15. The van der Waals surface area contributed by atoms with Gasteiger partial charge in [0.05, 0.1) is 13.8 Å². The van der Waals surface area contributed by atoms with Gasteiger partial charge in [-0.3, -0.25) is 0 Å². The maximum absolute atomic E-state index is 9.15. The number of nitrogens with zero attached hydrogens (tertiary/aromatic N) is 2. The van der Waals surface area contributed by atoms with Gasteiger partial charge in [-0.1, -0.05) is 39.5 Å². The van der Waals surface area contributed by atoms with E-state index in [0.717, 1.165) is 19.7 Å². The Hall–Kier alpha value is -1.39. The fourth-order valence-electron chi connectivity index (χ4n) is 2.46. The van der Waals surface area contributed by atoms with Gasteiger partial charge in [-0.25, -0.2) is 4.79 Å². The molecule has 0 aromatic rings. The number of carboxylic acid groups (broad SMARTS) is 1. The van der Waals surface area contributed by atoms with E-state index in [1.807, 2.05) is 0 Å². The molecule has 1 atom stereocenters. The highest BCUT2D eigenvalue weighted by Crippen LogP contribution is 2.18. The van der Waals surface area contributed by atoms with Crippen molar-refractivity contribution >= 4 is 6.16 Å². The van der Waals surface area contributed by atoms with Crippen LogP contribution < -0.4 is 0 Å². The predicted octanol–water partition coefficient (Wildman–Crippen LogP) is 3.97. The lowest BCUT2D eigenvalue weighted by Gasteiger charge is -2.24. The van der Waals surface area contributed by atoms with Crippen LogP contribution in [0.1, 0.15) is 52.4 Å². The topological polar surface area (TPSA) is 53.0 Å². The molecule has 21 heavy (non-hydrogen) atoms. The second-order valence-corrected chi connectivity index (χ2v) is 5.59. The van der Waals surface area contributed by atoms with Crippen molar-refractivity contribution in [3.63, 3.8) is 0 Å². The monoisotopic (exact) mass is 300 g/mol. The SMILES string of the molecule is CCCCCC(CCC)CN1C=CN(C)C1.COC(=O)O. The molecule has 0 amide bonds. The molecule has 0 spiro atoms. The molecular formula is C16H32N2O3. The molecule has 5 nitrogen and oxygen atoms in total. The number of carbonyl (C=O) groups is 1. The van der Waals surface area contributed by atoms with E-state index in [2.05, 4.69) is 47.8 Å². The van der Waals surface area contributed by atoms with Crippen LogP contribution in [0, 0.1) is 5.92 Å². The predicted molar refractivity (Wildman–Crippen MR) is 86.0 cm³/mol. The van der Waals surface area contributed by atoms with Crippen molar-refractivity contribution in [1.82, 2.24) is 9.80 Å². The zero-order chi connectivity index (χ0) is 16.1. The number of ether oxygens (including phenoxy) is 1. The molecule has 5 heteroatoms. The highest BCUT2D eigenvalue weighted by Gasteiger charge is 2.14. The Morgan fingerprint density at radius 2 is 1.90 bits per heavy atom. The first-order valence-electron chi connectivity index (χ1n) is 7.92.